The van der Waals surface area contributed by atoms with Crippen LogP contribution in [0.4, 0.5) is 0 Å². The van der Waals surface area contributed by atoms with Crippen molar-refractivity contribution in [3.05, 3.63) is 48.3 Å². The van der Waals surface area contributed by atoms with Crippen LogP contribution in [0.3, 0.4) is 0 Å². The molecule has 0 bridgehead atoms. The molecular formula is C15H20N4O5S2. The molecule has 3 N–H and O–H groups in total. The van der Waals surface area contributed by atoms with E-state index >= 15 is 0 Å². The van der Waals surface area contributed by atoms with E-state index in [4.69, 9.17) is 0 Å². The Morgan fingerprint density at radius 3 is 1.88 bits per heavy atom. The highest BCUT2D eigenvalue weighted by Crippen LogP contribution is 2.21. The number of hydrogen-bond donors (Lipinski definition) is 3. The van der Waals surface area contributed by atoms with Gasteiger partial charge < -0.3 is 9.88 Å². The second kappa shape index (κ2) is 7.99. The van der Waals surface area contributed by atoms with Gasteiger partial charge in [-0.05, 0) is 19.7 Å². The molecule has 0 spiro atoms. The lowest BCUT2D eigenvalue weighted by Crippen LogP contribution is -2.26. The number of aromatic nitrogens is 1. The molecule has 1 amide bonds. The van der Waals surface area contributed by atoms with Crippen LogP contribution >= 0.6 is 0 Å². The maximum Gasteiger partial charge on any atom is 0.243 e. The number of nitrogens with one attached hydrogen (secondary N) is 3. The van der Waals surface area contributed by atoms with Crippen LogP contribution in [0.5, 0.6) is 0 Å². The van der Waals surface area contributed by atoms with Crippen molar-refractivity contribution in [2.45, 2.75) is 22.9 Å². The summed E-state index contributed by atoms with van der Waals surface area (Å²) in [5.74, 6) is -0.384. The van der Waals surface area contributed by atoms with Crippen molar-refractivity contribution in [1.29, 1.82) is 0 Å². The van der Waals surface area contributed by atoms with Crippen LogP contribution in [0.2, 0.25) is 0 Å². The zero-order valence-corrected chi connectivity index (χ0v) is 15.9. The van der Waals surface area contributed by atoms with Gasteiger partial charge in [-0.1, -0.05) is 30.3 Å². The number of rotatable bonds is 8. The number of sulfonamides is 2. The van der Waals surface area contributed by atoms with Gasteiger partial charge in [0, 0.05) is 18.9 Å². The molecule has 0 aliphatic carbocycles. The van der Waals surface area contributed by atoms with Gasteiger partial charge >= 0.3 is 0 Å². The van der Waals surface area contributed by atoms with E-state index in [0.29, 0.717) is 6.54 Å². The highest BCUT2D eigenvalue weighted by atomic mass is 32.2. The molecule has 0 aliphatic heterocycles. The highest BCUT2D eigenvalue weighted by Gasteiger charge is 2.27. The second-order valence-electron chi connectivity index (χ2n) is 5.34. The minimum absolute atomic E-state index is 0.224. The molecule has 26 heavy (non-hydrogen) atoms. The van der Waals surface area contributed by atoms with Crippen molar-refractivity contribution in [2.24, 2.45) is 0 Å². The molecule has 11 heteroatoms. The van der Waals surface area contributed by atoms with E-state index in [0.717, 1.165) is 18.0 Å². The van der Waals surface area contributed by atoms with Gasteiger partial charge in [0.15, 0.2) is 0 Å². The van der Waals surface area contributed by atoms with Gasteiger partial charge in [-0.2, -0.15) is 0 Å². The monoisotopic (exact) mass is 400 g/mol. The number of carbonyl (C=O) groups excluding carboxylic acids is 1. The lowest BCUT2D eigenvalue weighted by atomic mass is 10.2. The molecule has 9 nitrogen and oxygen atoms in total. The summed E-state index contributed by atoms with van der Waals surface area (Å²) < 4.78 is 53.7. The van der Waals surface area contributed by atoms with Gasteiger partial charge in [-0.3, -0.25) is 4.79 Å². The number of hydrogen-bond acceptors (Lipinski definition) is 5. The van der Waals surface area contributed by atoms with Gasteiger partial charge in [0.05, 0.1) is 0 Å². The minimum Gasteiger partial charge on any atom is -0.350 e. The Bertz CT molecular complexity index is 931. The Morgan fingerprint density at radius 1 is 0.923 bits per heavy atom. The second-order valence-corrected chi connectivity index (χ2v) is 9.05. The summed E-state index contributed by atoms with van der Waals surface area (Å²) in [7, 11) is -5.68. The molecule has 0 atom stereocenters. The van der Waals surface area contributed by atoms with Crippen molar-refractivity contribution in [3.8, 4) is 0 Å². The van der Waals surface area contributed by atoms with Gasteiger partial charge in [-0.15, -0.1) is 0 Å². The first-order valence-corrected chi connectivity index (χ1v) is 10.5. The lowest BCUT2D eigenvalue weighted by Gasteiger charge is -2.06. The third-order valence-electron chi connectivity index (χ3n) is 3.58. The molecule has 2 aromatic rings. The van der Waals surface area contributed by atoms with E-state index in [1.54, 1.807) is 0 Å². The Balaban J connectivity index is 2.22. The molecule has 0 fully saturated rings. The standard InChI is InChI=1S/C15H20N4O5S2/c1-16-25(21,22)13-9-19(10-14(13)26(23,24)17-2)11-15(20)18-8-12-6-4-3-5-7-12/h3-7,9-10,16-17H,8,11H2,1-2H3,(H,18,20). The van der Waals surface area contributed by atoms with Crippen LogP contribution in [0.15, 0.2) is 52.5 Å². The van der Waals surface area contributed by atoms with Crippen LogP contribution < -0.4 is 14.8 Å². The van der Waals surface area contributed by atoms with E-state index in [1.165, 1.54) is 18.7 Å². The lowest BCUT2D eigenvalue weighted by molar-refractivity contribution is -0.121. The van der Waals surface area contributed by atoms with Crippen LogP contribution in [0.25, 0.3) is 0 Å². The van der Waals surface area contributed by atoms with E-state index in [2.05, 4.69) is 14.8 Å². The average Bonchev–Trinajstić information content (AvgIpc) is 3.06. The molecule has 142 valence electrons. The Kier molecular flexibility index (Phi) is 6.18. The molecule has 0 saturated carbocycles. The molecule has 0 aliphatic rings. The van der Waals surface area contributed by atoms with Crippen LogP contribution in [-0.2, 0) is 37.9 Å². The summed E-state index contributed by atoms with van der Waals surface area (Å²) in [5.41, 5.74) is 0.908. The largest absolute Gasteiger partial charge is 0.350 e. The Hall–Kier alpha value is -2.21. The normalized spacial score (nSPS) is 12.1. The van der Waals surface area contributed by atoms with E-state index in [1.807, 2.05) is 30.3 Å². The van der Waals surface area contributed by atoms with Gasteiger partial charge in [0.2, 0.25) is 26.0 Å². The average molecular weight is 400 g/mol. The summed E-state index contributed by atoms with van der Waals surface area (Å²) in [6.07, 6.45) is 2.22. The molecule has 1 aromatic carbocycles. The van der Waals surface area contributed by atoms with Gasteiger partial charge in [-0.25, -0.2) is 26.3 Å². The third kappa shape index (κ3) is 4.69. The molecule has 2 rings (SSSR count). The summed E-state index contributed by atoms with van der Waals surface area (Å²) in [4.78, 5) is 11.2. The SMILES string of the molecule is CNS(=O)(=O)c1cn(CC(=O)NCc2ccccc2)cc1S(=O)(=O)NC. The zero-order valence-electron chi connectivity index (χ0n) is 14.3. The van der Waals surface area contributed by atoms with Gasteiger partial charge in [0.25, 0.3) is 0 Å². The van der Waals surface area contributed by atoms with Crippen molar-refractivity contribution in [3.63, 3.8) is 0 Å². The molecule has 1 heterocycles. The molecule has 0 saturated heterocycles. The summed E-state index contributed by atoms with van der Waals surface area (Å²) in [5, 5.41) is 2.69. The topological polar surface area (TPSA) is 126 Å². The van der Waals surface area contributed by atoms with Crippen molar-refractivity contribution in [2.75, 3.05) is 14.1 Å². The number of carbonyl (C=O) groups is 1. The minimum atomic E-state index is -4.01. The van der Waals surface area contributed by atoms with Crippen LogP contribution in [0, 0.1) is 0 Å². The molecule has 0 radical (unpaired) electrons. The first-order valence-electron chi connectivity index (χ1n) is 7.57. The fraction of sp³-hybridized carbons (Fsp3) is 0.267. The number of benzene rings is 1. The Labute approximate surface area is 152 Å². The van der Waals surface area contributed by atoms with E-state index < -0.39 is 29.8 Å². The van der Waals surface area contributed by atoms with Crippen molar-refractivity contribution < 1.29 is 21.6 Å². The molecule has 1 aromatic heterocycles. The first-order chi connectivity index (χ1) is 12.2. The van der Waals surface area contributed by atoms with E-state index in [9.17, 15) is 21.6 Å². The fourth-order valence-electron chi connectivity index (χ4n) is 2.20. The fourth-order valence-corrected chi connectivity index (χ4v) is 4.48. The smallest absolute Gasteiger partial charge is 0.243 e. The summed E-state index contributed by atoms with van der Waals surface area (Å²) in [6.45, 7) is 0.0859. The molecule has 0 unspecified atom stereocenters. The van der Waals surface area contributed by atoms with E-state index in [-0.39, 0.29) is 12.5 Å². The zero-order chi connectivity index (χ0) is 19.4. The maximum atomic E-state index is 12.1. The summed E-state index contributed by atoms with van der Waals surface area (Å²) in [6, 6.07) is 9.25. The Morgan fingerprint density at radius 2 is 1.42 bits per heavy atom. The predicted molar refractivity (Wildman–Crippen MR) is 95.2 cm³/mol. The van der Waals surface area contributed by atoms with Crippen molar-refractivity contribution >= 4 is 26.0 Å². The highest BCUT2D eigenvalue weighted by molar-refractivity contribution is 7.92. The first kappa shape index (κ1) is 20.1. The van der Waals surface area contributed by atoms with Crippen LogP contribution in [-0.4, -0.2) is 41.4 Å². The predicted octanol–water partition coefficient (Wildman–Crippen LogP) is -0.379. The van der Waals surface area contributed by atoms with Crippen molar-refractivity contribution in [1.82, 2.24) is 19.3 Å². The third-order valence-corrected chi connectivity index (χ3v) is 6.60. The number of amides is 1. The molecular weight excluding hydrogens is 380 g/mol. The van der Waals surface area contributed by atoms with Gasteiger partial charge in [0.1, 0.15) is 16.3 Å². The van der Waals surface area contributed by atoms with Crippen LogP contribution in [0.1, 0.15) is 5.56 Å². The quantitative estimate of drug-likeness (QED) is 0.557. The maximum absolute atomic E-state index is 12.1. The number of nitrogens with zero attached hydrogens (tertiary/aromatic N) is 1. The summed E-state index contributed by atoms with van der Waals surface area (Å²) >= 11 is 0.